The normalized spacial score (nSPS) is 10.9. The van der Waals surface area contributed by atoms with Gasteiger partial charge in [0.15, 0.2) is 5.82 Å². The van der Waals surface area contributed by atoms with Gasteiger partial charge in [-0.3, -0.25) is 9.71 Å². The van der Waals surface area contributed by atoms with Crippen LogP contribution in [0.5, 0.6) is 0 Å². The highest BCUT2D eigenvalue weighted by atomic mass is 35.5. The maximum atomic E-state index is 12.6. The second kappa shape index (κ2) is 7.52. The molecular weight excluding hydrogens is 372 g/mol. The number of aromatic nitrogens is 2. The van der Waals surface area contributed by atoms with Crippen molar-refractivity contribution in [2.45, 2.75) is 10.8 Å². The molecule has 0 amide bonds. The summed E-state index contributed by atoms with van der Waals surface area (Å²) in [6, 6.07) is 14.9. The predicted octanol–water partition coefficient (Wildman–Crippen LogP) is 3.55. The molecule has 0 aliphatic heterocycles. The van der Waals surface area contributed by atoms with Crippen LogP contribution in [0.3, 0.4) is 0 Å². The Balaban J connectivity index is 1.95. The summed E-state index contributed by atoms with van der Waals surface area (Å²) in [4.78, 5) is 8.39. The third kappa shape index (κ3) is 3.82. The van der Waals surface area contributed by atoms with Gasteiger partial charge in [-0.15, -0.1) is 11.6 Å². The number of halogens is 1. The van der Waals surface area contributed by atoms with Crippen LogP contribution in [0.1, 0.15) is 11.1 Å². The molecule has 0 spiro atoms. The molecule has 1 N–H and O–H groups in total. The summed E-state index contributed by atoms with van der Waals surface area (Å²) in [6.07, 6.45) is 2.90. The molecule has 0 fully saturated rings. The molecule has 0 saturated heterocycles. The van der Waals surface area contributed by atoms with Gasteiger partial charge < -0.3 is 0 Å². The fraction of sp³-hybridized carbons (Fsp3) is 0.0556. The molecule has 0 aliphatic rings. The second-order valence-electron chi connectivity index (χ2n) is 5.33. The van der Waals surface area contributed by atoms with Gasteiger partial charge in [0.2, 0.25) is 0 Å². The first-order valence-corrected chi connectivity index (χ1v) is 9.54. The first kappa shape index (κ1) is 17.9. The van der Waals surface area contributed by atoms with E-state index in [-0.39, 0.29) is 10.7 Å². The standard InChI is InChI=1S/C18H13ClN4O2S/c19-11-13-1-5-15(6-2-13)17-18(22-10-9-21-17)23-26(24,25)16-7-3-14(12-20)4-8-16/h1-10H,11H2,(H,22,23). The largest absolute Gasteiger partial charge is 0.263 e. The Bertz CT molecular complexity index is 1060. The van der Waals surface area contributed by atoms with Crippen molar-refractivity contribution in [1.29, 1.82) is 5.26 Å². The molecule has 0 saturated carbocycles. The van der Waals surface area contributed by atoms with Gasteiger partial charge in [-0.1, -0.05) is 24.3 Å². The number of nitriles is 1. The van der Waals surface area contributed by atoms with Crippen molar-refractivity contribution < 1.29 is 8.42 Å². The summed E-state index contributed by atoms with van der Waals surface area (Å²) in [5.41, 5.74) is 2.44. The lowest BCUT2D eigenvalue weighted by molar-refractivity contribution is 0.601. The minimum atomic E-state index is -3.86. The van der Waals surface area contributed by atoms with Crippen LogP contribution in [-0.2, 0) is 15.9 Å². The van der Waals surface area contributed by atoms with Crippen LogP contribution in [0.25, 0.3) is 11.3 Å². The number of hydrogen-bond donors (Lipinski definition) is 1. The average molecular weight is 385 g/mol. The van der Waals surface area contributed by atoms with Gasteiger partial charge in [-0.25, -0.2) is 13.4 Å². The Morgan fingerprint density at radius 1 is 1.00 bits per heavy atom. The third-order valence-electron chi connectivity index (χ3n) is 3.60. The Morgan fingerprint density at radius 3 is 2.27 bits per heavy atom. The minimum absolute atomic E-state index is 0.0330. The monoisotopic (exact) mass is 384 g/mol. The van der Waals surface area contributed by atoms with Gasteiger partial charge >= 0.3 is 0 Å². The van der Waals surface area contributed by atoms with Crippen LogP contribution < -0.4 is 4.72 Å². The summed E-state index contributed by atoms with van der Waals surface area (Å²) >= 11 is 5.79. The Morgan fingerprint density at radius 2 is 1.65 bits per heavy atom. The molecule has 3 aromatic rings. The fourth-order valence-corrected chi connectivity index (χ4v) is 3.46. The first-order chi connectivity index (χ1) is 12.5. The van der Waals surface area contributed by atoms with Gasteiger partial charge in [0.05, 0.1) is 16.5 Å². The Kier molecular flexibility index (Phi) is 5.16. The highest BCUT2D eigenvalue weighted by molar-refractivity contribution is 7.92. The smallest absolute Gasteiger partial charge is 0.262 e. The molecule has 1 aromatic heterocycles. The number of nitrogens with zero attached hydrogens (tertiary/aromatic N) is 3. The Labute approximate surface area is 156 Å². The van der Waals surface area contributed by atoms with E-state index < -0.39 is 10.0 Å². The number of benzene rings is 2. The lowest BCUT2D eigenvalue weighted by Crippen LogP contribution is -2.15. The van der Waals surface area contributed by atoms with Crippen molar-refractivity contribution in [2.24, 2.45) is 0 Å². The summed E-state index contributed by atoms with van der Waals surface area (Å²) in [5.74, 6) is 0.509. The molecule has 130 valence electrons. The van der Waals surface area contributed by atoms with Crippen LogP contribution in [0, 0.1) is 11.3 Å². The molecule has 0 unspecified atom stereocenters. The van der Waals surface area contributed by atoms with Crippen LogP contribution in [0.4, 0.5) is 5.82 Å². The fourth-order valence-electron chi connectivity index (χ4n) is 2.27. The molecule has 8 heteroatoms. The van der Waals surface area contributed by atoms with Gasteiger partial charge in [0, 0.05) is 23.8 Å². The Hall–Kier alpha value is -2.95. The maximum Gasteiger partial charge on any atom is 0.263 e. The second-order valence-corrected chi connectivity index (χ2v) is 7.28. The first-order valence-electron chi connectivity index (χ1n) is 7.53. The molecule has 0 aliphatic carbocycles. The van der Waals surface area contributed by atoms with Crippen molar-refractivity contribution in [1.82, 2.24) is 9.97 Å². The van der Waals surface area contributed by atoms with E-state index in [4.69, 9.17) is 16.9 Å². The third-order valence-corrected chi connectivity index (χ3v) is 5.27. The lowest BCUT2D eigenvalue weighted by atomic mass is 10.1. The van der Waals surface area contributed by atoms with E-state index in [2.05, 4.69) is 14.7 Å². The van der Waals surface area contributed by atoms with Crippen molar-refractivity contribution >= 4 is 27.4 Å². The summed E-state index contributed by atoms with van der Waals surface area (Å²) in [7, 11) is -3.86. The van der Waals surface area contributed by atoms with Crippen molar-refractivity contribution in [2.75, 3.05) is 4.72 Å². The van der Waals surface area contributed by atoms with Crippen LogP contribution in [-0.4, -0.2) is 18.4 Å². The van der Waals surface area contributed by atoms with Crippen molar-refractivity contribution in [3.05, 3.63) is 72.1 Å². The van der Waals surface area contributed by atoms with Gasteiger partial charge in [0.1, 0.15) is 5.69 Å². The molecule has 6 nitrogen and oxygen atoms in total. The zero-order chi connectivity index (χ0) is 18.6. The molecule has 0 bridgehead atoms. The topological polar surface area (TPSA) is 95.7 Å². The van der Waals surface area contributed by atoms with Gasteiger partial charge in [-0.05, 0) is 29.8 Å². The number of rotatable bonds is 5. The molecular formula is C18H13ClN4O2S. The van der Waals surface area contributed by atoms with E-state index >= 15 is 0 Å². The number of anilines is 1. The van der Waals surface area contributed by atoms with Gasteiger partial charge in [0.25, 0.3) is 10.0 Å². The summed E-state index contributed by atoms with van der Waals surface area (Å²) < 4.78 is 27.7. The molecule has 2 aromatic carbocycles. The summed E-state index contributed by atoms with van der Waals surface area (Å²) in [5, 5.41) is 8.82. The minimum Gasteiger partial charge on any atom is -0.262 e. The van der Waals surface area contributed by atoms with Gasteiger partial charge in [-0.2, -0.15) is 5.26 Å². The number of nitrogens with one attached hydrogen (secondary N) is 1. The van der Waals surface area contributed by atoms with Crippen LogP contribution in [0.15, 0.2) is 65.8 Å². The SMILES string of the molecule is N#Cc1ccc(S(=O)(=O)Nc2nccnc2-c2ccc(CCl)cc2)cc1. The highest BCUT2D eigenvalue weighted by Gasteiger charge is 2.18. The highest BCUT2D eigenvalue weighted by Crippen LogP contribution is 2.26. The number of sulfonamides is 1. The maximum absolute atomic E-state index is 12.6. The van der Waals surface area contributed by atoms with E-state index in [1.165, 1.54) is 36.7 Å². The van der Waals surface area contributed by atoms with E-state index in [0.717, 1.165) is 5.56 Å². The molecule has 3 rings (SSSR count). The van der Waals surface area contributed by atoms with E-state index in [1.54, 1.807) is 12.1 Å². The zero-order valence-electron chi connectivity index (χ0n) is 13.4. The van der Waals surface area contributed by atoms with E-state index in [9.17, 15) is 8.42 Å². The molecule has 26 heavy (non-hydrogen) atoms. The number of alkyl halides is 1. The van der Waals surface area contributed by atoms with Crippen molar-refractivity contribution in [3.63, 3.8) is 0 Å². The van der Waals surface area contributed by atoms with E-state index in [0.29, 0.717) is 22.7 Å². The molecule has 0 atom stereocenters. The number of hydrogen-bond acceptors (Lipinski definition) is 5. The quantitative estimate of drug-likeness (QED) is 0.678. The summed E-state index contributed by atoms with van der Waals surface area (Å²) in [6.45, 7) is 0. The zero-order valence-corrected chi connectivity index (χ0v) is 15.0. The van der Waals surface area contributed by atoms with E-state index in [1.807, 2.05) is 18.2 Å². The lowest BCUT2D eigenvalue weighted by Gasteiger charge is -2.11. The molecule has 1 heterocycles. The van der Waals surface area contributed by atoms with Crippen molar-refractivity contribution in [3.8, 4) is 17.3 Å². The molecule has 0 radical (unpaired) electrons. The average Bonchev–Trinajstić information content (AvgIpc) is 2.68. The van der Waals surface area contributed by atoms with Crippen LogP contribution in [0.2, 0.25) is 0 Å². The van der Waals surface area contributed by atoms with Crippen LogP contribution >= 0.6 is 11.6 Å². The predicted molar refractivity (Wildman–Crippen MR) is 99.0 cm³/mol.